The van der Waals surface area contributed by atoms with Gasteiger partial charge in [-0.1, -0.05) is 26.8 Å². The zero-order chi connectivity index (χ0) is 18.8. The third-order valence-corrected chi connectivity index (χ3v) is 2.63. The SMILES string of the molecule is CC(C)C.Cc1cccc(Nc2cc(NCCN)nnc2C(N)=O)n1. The van der Waals surface area contributed by atoms with Gasteiger partial charge >= 0.3 is 0 Å². The molecular weight excluding hydrogens is 318 g/mol. The maximum atomic E-state index is 11.4. The molecule has 0 saturated heterocycles. The van der Waals surface area contributed by atoms with Crippen molar-refractivity contribution in [3.05, 3.63) is 35.7 Å². The second-order valence-electron chi connectivity index (χ2n) is 6.09. The molecule has 0 unspecified atom stereocenters. The van der Waals surface area contributed by atoms with Crippen LogP contribution >= 0.6 is 0 Å². The summed E-state index contributed by atoms with van der Waals surface area (Å²) < 4.78 is 0. The predicted octanol–water partition coefficient (Wildman–Crippen LogP) is 2.06. The minimum atomic E-state index is -0.664. The number of aryl methyl sites for hydroxylation is 1. The Kier molecular flexibility index (Phi) is 8.28. The van der Waals surface area contributed by atoms with Crippen LogP contribution in [0.5, 0.6) is 0 Å². The lowest BCUT2D eigenvalue weighted by molar-refractivity contribution is 0.0995. The van der Waals surface area contributed by atoms with E-state index >= 15 is 0 Å². The molecule has 0 saturated carbocycles. The molecule has 2 rings (SSSR count). The number of anilines is 3. The van der Waals surface area contributed by atoms with Crippen LogP contribution in [0.2, 0.25) is 0 Å². The normalized spacial score (nSPS) is 10.0. The Labute approximate surface area is 148 Å². The molecular formula is C17H27N7O. The fourth-order valence-corrected chi connectivity index (χ4v) is 1.71. The van der Waals surface area contributed by atoms with E-state index in [1.54, 1.807) is 12.1 Å². The molecule has 0 aromatic carbocycles. The second-order valence-corrected chi connectivity index (χ2v) is 6.09. The molecule has 0 spiro atoms. The molecule has 0 atom stereocenters. The van der Waals surface area contributed by atoms with Gasteiger partial charge in [-0.3, -0.25) is 4.79 Å². The number of nitrogens with one attached hydrogen (secondary N) is 2. The Morgan fingerprint density at radius 2 is 1.88 bits per heavy atom. The zero-order valence-corrected chi connectivity index (χ0v) is 15.2. The Bertz CT molecular complexity index is 686. The van der Waals surface area contributed by atoms with Crippen LogP contribution < -0.4 is 22.1 Å². The highest BCUT2D eigenvalue weighted by Gasteiger charge is 2.13. The van der Waals surface area contributed by atoms with E-state index in [2.05, 4.69) is 46.6 Å². The molecule has 0 radical (unpaired) electrons. The molecule has 0 aliphatic rings. The van der Waals surface area contributed by atoms with E-state index in [0.717, 1.165) is 11.6 Å². The van der Waals surface area contributed by atoms with Crippen LogP contribution in [0.3, 0.4) is 0 Å². The van der Waals surface area contributed by atoms with Crippen LogP contribution in [0, 0.1) is 12.8 Å². The number of aromatic nitrogens is 3. The van der Waals surface area contributed by atoms with Crippen LogP contribution in [0.1, 0.15) is 37.0 Å². The van der Waals surface area contributed by atoms with Gasteiger partial charge in [0, 0.05) is 24.8 Å². The lowest BCUT2D eigenvalue weighted by Gasteiger charge is -2.11. The summed E-state index contributed by atoms with van der Waals surface area (Å²) in [6.45, 7) is 9.38. The van der Waals surface area contributed by atoms with Crippen molar-refractivity contribution in [3.8, 4) is 0 Å². The fourth-order valence-electron chi connectivity index (χ4n) is 1.71. The van der Waals surface area contributed by atoms with Gasteiger partial charge in [0.05, 0.1) is 5.69 Å². The van der Waals surface area contributed by atoms with Crippen molar-refractivity contribution in [2.45, 2.75) is 27.7 Å². The molecule has 25 heavy (non-hydrogen) atoms. The van der Waals surface area contributed by atoms with Gasteiger partial charge in [0.15, 0.2) is 11.5 Å². The van der Waals surface area contributed by atoms with Gasteiger partial charge in [-0.25, -0.2) is 4.98 Å². The predicted molar refractivity (Wildman–Crippen MR) is 101 cm³/mol. The van der Waals surface area contributed by atoms with Gasteiger partial charge in [0.2, 0.25) is 0 Å². The Morgan fingerprint density at radius 3 is 2.44 bits per heavy atom. The van der Waals surface area contributed by atoms with Gasteiger partial charge in [0.1, 0.15) is 5.82 Å². The molecule has 1 amide bonds. The largest absolute Gasteiger partial charge is 0.367 e. The van der Waals surface area contributed by atoms with Gasteiger partial charge in [-0.05, 0) is 25.0 Å². The number of hydrogen-bond donors (Lipinski definition) is 4. The number of rotatable bonds is 6. The lowest BCUT2D eigenvalue weighted by atomic mass is 10.3. The lowest BCUT2D eigenvalue weighted by Crippen LogP contribution is -2.19. The van der Waals surface area contributed by atoms with Crippen LogP contribution in [-0.4, -0.2) is 34.2 Å². The van der Waals surface area contributed by atoms with E-state index in [-0.39, 0.29) is 5.69 Å². The standard InChI is InChI=1S/C13H17N7O.C4H10/c1-8-3-2-4-10(17-8)18-9-7-11(16-6-5-14)19-20-12(9)13(15)21;1-4(2)3/h2-4,7H,5-6,14H2,1H3,(H2,15,21)(H2,16,17,18,19);4H,1-3H3. The molecule has 0 bridgehead atoms. The maximum Gasteiger partial charge on any atom is 0.271 e. The Morgan fingerprint density at radius 1 is 1.20 bits per heavy atom. The highest BCUT2D eigenvalue weighted by Crippen LogP contribution is 2.20. The van der Waals surface area contributed by atoms with Crippen molar-refractivity contribution in [1.82, 2.24) is 15.2 Å². The van der Waals surface area contributed by atoms with Crippen molar-refractivity contribution < 1.29 is 4.79 Å². The average molecular weight is 345 g/mol. The summed E-state index contributed by atoms with van der Waals surface area (Å²) in [5, 5.41) is 13.7. The number of pyridine rings is 1. The molecule has 8 heteroatoms. The molecule has 2 heterocycles. The number of primary amides is 1. The molecule has 2 aromatic rings. The van der Waals surface area contributed by atoms with E-state index in [9.17, 15) is 4.79 Å². The summed E-state index contributed by atoms with van der Waals surface area (Å²) in [6, 6.07) is 7.16. The second kappa shape index (κ2) is 10.2. The number of nitrogens with two attached hydrogens (primary N) is 2. The summed E-state index contributed by atoms with van der Waals surface area (Å²) in [5.41, 5.74) is 12.1. The molecule has 0 fully saturated rings. The number of amides is 1. The van der Waals surface area contributed by atoms with Gasteiger partial charge in [-0.15, -0.1) is 10.2 Å². The monoisotopic (exact) mass is 345 g/mol. The third kappa shape index (κ3) is 7.58. The summed E-state index contributed by atoms with van der Waals surface area (Å²) in [5.74, 6) is 1.26. The highest BCUT2D eigenvalue weighted by atomic mass is 16.1. The minimum absolute atomic E-state index is 0.0524. The number of hydrogen-bond acceptors (Lipinski definition) is 7. The van der Waals surface area contributed by atoms with Crippen LogP contribution in [0.4, 0.5) is 17.3 Å². The van der Waals surface area contributed by atoms with Crippen LogP contribution in [0.25, 0.3) is 0 Å². The van der Waals surface area contributed by atoms with Crippen molar-refractivity contribution in [2.75, 3.05) is 23.7 Å². The first kappa shape index (κ1) is 20.3. The third-order valence-electron chi connectivity index (χ3n) is 2.63. The number of carbonyl (C=O) groups is 1. The van der Waals surface area contributed by atoms with Crippen molar-refractivity contribution in [3.63, 3.8) is 0 Å². The first-order valence-corrected chi connectivity index (χ1v) is 8.15. The Hall–Kier alpha value is -2.74. The highest BCUT2D eigenvalue weighted by molar-refractivity contribution is 5.97. The molecule has 2 aromatic heterocycles. The van der Waals surface area contributed by atoms with Crippen molar-refractivity contribution in [2.24, 2.45) is 17.4 Å². The molecule has 0 aliphatic heterocycles. The Balaban J connectivity index is 0.000000705. The average Bonchev–Trinajstić information content (AvgIpc) is 2.52. The van der Waals surface area contributed by atoms with Crippen molar-refractivity contribution in [1.29, 1.82) is 0 Å². The van der Waals surface area contributed by atoms with Crippen molar-refractivity contribution >= 4 is 23.2 Å². The van der Waals surface area contributed by atoms with E-state index in [1.807, 2.05) is 19.1 Å². The topological polar surface area (TPSA) is 132 Å². The molecule has 136 valence electrons. The first-order valence-electron chi connectivity index (χ1n) is 8.15. The summed E-state index contributed by atoms with van der Waals surface area (Å²) in [6.07, 6.45) is 0. The number of carbonyl (C=O) groups excluding carboxylic acids is 1. The van der Waals surface area contributed by atoms with E-state index in [0.29, 0.717) is 30.4 Å². The van der Waals surface area contributed by atoms with Crippen LogP contribution in [0.15, 0.2) is 24.3 Å². The van der Waals surface area contributed by atoms with E-state index in [1.165, 1.54) is 0 Å². The summed E-state index contributed by atoms with van der Waals surface area (Å²) in [4.78, 5) is 15.7. The minimum Gasteiger partial charge on any atom is -0.367 e. The molecule has 8 nitrogen and oxygen atoms in total. The molecule has 6 N–H and O–H groups in total. The first-order chi connectivity index (χ1) is 11.8. The van der Waals surface area contributed by atoms with E-state index < -0.39 is 5.91 Å². The number of nitrogens with zero attached hydrogens (tertiary/aromatic N) is 3. The van der Waals surface area contributed by atoms with Gasteiger partial charge < -0.3 is 22.1 Å². The quantitative estimate of drug-likeness (QED) is 0.630. The fraction of sp³-hybridized carbons (Fsp3) is 0.412. The van der Waals surface area contributed by atoms with Gasteiger partial charge in [0.25, 0.3) is 5.91 Å². The zero-order valence-electron chi connectivity index (χ0n) is 15.2. The summed E-state index contributed by atoms with van der Waals surface area (Å²) >= 11 is 0. The summed E-state index contributed by atoms with van der Waals surface area (Å²) in [7, 11) is 0. The van der Waals surface area contributed by atoms with Gasteiger partial charge in [-0.2, -0.15) is 0 Å². The van der Waals surface area contributed by atoms with Crippen LogP contribution in [-0.2, 0) is 0 Å². The smallest absolute Gasteiger partial charge is 0.271 e. The molecule has 0 aliphatic carbocycles. The van der Waals surface area contributed by atoms with E-state index in [4.69, 9.17) is 11.5 Å². The maximum absolute atomic E-state index is 11.4.